The van der Waals surface area contributed by atoms with Crippen molar-refractivity contribution in [2.24, 2.45) is 0 Å². The molecular formula is C13H8NS. The third kappa shape index (κ3) is 1.53. The molecule has 1 radical (unpaired) electrons. The summed E-state index contributed by atoms with van der Waals surface area (Å²) in [7, 11) is 0. The van der Waals surface area contributed by atoms with Gasteiger partial charge >= 0.3 is 0 Å². The molecule has 0 saturated carbocycles. The van der Waals surface area contributed by atoms with E-state index in [4.69, 9.17) is 0 Å². The van der Waals surface area contributed by atoms with Crippen molar-refractivity contribution in [2.45, 2.75) is 0 Å². The van der Waals surface area contributed by atoms with Crippen LogP contribution in [0.5, 0.6) is 0 Å². The first-order valence-electron chi connectivity index (χ1n) is 4.73. The predicted molar refractivity (Wildman–Crippen MR) is 63.9 cm³/mol. The third-order valence-corrected chi connectivity index (χ3v) is 3.23. The quantitative estimate of drug-likeness (QED) is 0.596. The molecule has 0 unspecified atom stereocenters. The Bertz CT molecular complexity index is 584. The second-order valence-electron chi connectivity index (χ2n) is 3.35. The van der Waals surface area contributed by atoms with Gasteiger partial charge in [0.1, 0.15) is 0 Å². The first-order chi connectivity index (χ1) is 7.43. The van der Waals surface area contributed by atoms with E-state index < -0.39 is 0 Å². The van der Waals surface area contributed by atoms with Gasteiger partial charge in [0.25, 0.3) is 0 Å². The van der Waals surface area contributed by atoms with Gasteiger partial charge in [0.15, 0.2) is 0 Å². The van der Waals surface area contributed by atoms with Crippen molar-refractivity contribution in [3.63, 3.8) is 0 Å². The SMILES string of the molecule is [c]1cc2cc(-c3ccncc3)ccc2s1. The monoisotopic (exact) mass is 210 g/mol. The summed E-state index contributed by atoms with van der Waals surface area (Å²) in [4.78, 5) is 4.02. The number of pyridine rings is 1. The number of hydrogen-bond acceptors (Lipinski definition) is 2. The maximum atomic E-state index is 4.02. The summed E-state index contributed by atoms with van der Waals surface area (Å²) in [6.45, 7) is 0. The average molecular weight is 210 g/mol. The number of fused-ring (bicyclic) bond motifs is 1. The van der Waals surface area contributed by atoms with Crippen molar-refractivity contribution >= 4 is 21.4 Å². The zero-order valence-corrected chi connectivity index (χ0v) is 8.79. The van der Waals surface area contributed by atoms with Crippen LogP contribution >= 0.6 is 11.3 Å². The van der Waals surface area contributed by atoms with Gasteiger partial charge in [-0.15, -0.1) is 11.3 Å². The van der Waals surface area contributed by atoms with Crippen molar-refractivity contribution in [3.8, 4) is 11.1 Å². The number of benzene rings is 1. The molecule has 2 aromatic heterocycles. The largest absolute Gasteiger partial charge is 0.265 e. The van der Waals surface area contributed by atoms with Crippen LogP contribution in [0.15, 0.2) is 48.8 Å². The Morgan fingerprint density at radius 1 is 1.00 bits per heavy atom. The Morgan fingerprint density at radius 2 is 1.87 bits per heavy atom. The fourth-order valence-electron chi connectivity index (χ4n) is 1.63. The number of thiophene rings is 1. The highest BCUT2D eigenvalue weighted by Crippen LogP contribution is 2.26. The highest BCUT2D eigenvalue weighted by molar-refractivity contribution is 7.16. The summed E-state index contributed by atoms with van der Waals surface area (Å²) in [6.07, 6.45) is 3.64. The summed E-state index contributed by atoms with van der Waals surface area (Å²) in [5.74, 6) is 0. The predicted octanol–water partition coefficient (Wildman–Crippen LogP) is 3.76. The van der Waals surface area contributed by atoms with Crippen LogP contribution in [-0.2, 0) is 0 Å². The second kappa shape index (κ2) is 3.48. The highest BCUT2D eigenvalue weighted by Gasteiger charge is 1.99. The molecule has 3 rings (SSSR count). The van der Waals surface area contributed by atoms with Gasteiger partial charge < -0.3 is 0 Å². The van der Waals surface area contributed by atoms with Gasteiger partial charge in [-0.25, -0.2) is 0 Å². The van der Waals surface area contributed by atoms with Gasteiger partial charge in [-0.1, -0.05) is 6.07 Å². The van der Waals surface area contributed by atoms with Crippen molar-refractivity contribution in [1.82, 2.24) is 4.98 Å². The van der Waals surface area contributed by atoms with Crippen LogP contribution in [0.2, 0.25) is 0 Å². The fourth-order valence-corrected chi connectivity index (χ4v) is 2.32. The van der Waals surface area contributed by atoms with E-state index in [9.17, 15) is 0 Å². The van der Waals surface area contributed by atoms with E-state index in [1.54, 1.807) is 11.3 Å². The molecule has 1 nitrogen and oxygen atoms in total. The maximum Gasteiger partial charge on any atom is 0.0455 e. The van der Waals surface area contributed by atoms with Gasteiger partial charge in [0, 0.05) is 22.5 Å². The van der Waals surface area contributed by atoms with Crippen molar-refractivity contribution < 1.29 is 0 Å². The number of rotatable bonds is 1. The Hall–Kier alpha value is -1.67. The summed E-state index contributed by atoms with van der Waals surface area (Å²) in [5, 5.41) is 4.40. The molecule has 0 atom stereocenters. The van der Waals surface area contributed by atoms with E-state index in [2.05, 4.69) is 28.6 Å². The van der Waals surface area contributed by atoms with Crippen molar-refractivity contribution in [1.29, 1.82) is 0 Å². The molecule has 0 spiro atoms. The molecule has 1 aromatic carbocycles. The lowest BCUT2D eigenvalue weighted by Crippen LogP contribution is -1.77. The van der Waals surface area contributed by atoms with Crippen LogP contribution < -0.4 is 0 Å². The minimum absolute atomic E-state index is 1.21. The van der Waals surface area contributed by atoms with E-state index in [1.807, 2.05) is 30.6 Å². The summed E-state index contributed by atoms with van der Waals surface area (Å²) in [6, 6.07) is 12.6. The third-order valence-electron chi connectivity index (χ3n) is 2.41. The molecule has 0 N–H and O–H groups in total. The Balaban J connectivity index is 2.19. The molecule has 15 heavy (non-hydrogen) atoms. The first-order valence-corrected chi connectivity index (χ1v) is 5.55. The smallest absolute Gasteiger partial charge is 0.0455 e. The van der Waals surface area contributed by atoms with Crippen LogP contribution in [0, 0.1) is 5.38 Å². The Morgan fingerprint density at radius 3 is 2.73 bits per heavy atom. The van der Waals surface area contributed by atoms with Gasteiger partial charge in [-0.05, 0) is 46.8 Å². The molecule has 0 saturated heterocycles. The van der Waals surface area contributed by atoms with Gasteiger partial charge in [-0.2, -0.15) is 0 Å². The summed E-state index contributed by atoms with van der Waals surface area (Å²) >= 11 is 1.65. The lowest BCUT2D eigenvalue weighted by atomic mass is 10.1. The molecule has 0 bridgehead atoms. The van der Waals surface area contributed by atoms with Crippen molar-refractivity contribution in [3.05, 3.63) is 54.2 Å². The molecule has 3 aromatic rings. The summed E-state index contributed by atoms with van der Waals surface area (Å²) < 4.78 is 1.29. The number of nitrogens with zero attached hydrogens (tertiary/aromatic N) is 1. The molecule has 0 amide bonds. The fraction of sp³-hybridized carbons (Fsp3) is 0. The minimum atomic E-state index is 1.21. The zero-order valence-electron chi connectivity index (χ0n) is 7.97. The Kier molecular flexibility index (Phi) is 2.00. The van der Waals surface area contributed by atoms with E-state index in [0.717, 1.165) is 0 Å². The van der Waals surface area contributed by atoms with Crippen LogP contribution in [-0.4, -0.2) is 4.98 Å². The minimum Gasteiger partial charge on any atom is -0.265 e. The molecule has 71 valence electrons. The van der Waals surface area contributed by atoms with Gasteiger partial charge in [0.2, 0.25) is 0 Å². The Labute approximate surface area is 92.0 Å². The molecule has 2 heterocycles. The average Bonchev–Trinajstić information content (AvgIpc) is 2.77. The second-order valence-corrected chi connectivity index (χ2v) is 4.23. The first kappa shape index (κ1) is 8.62. The van der Waals surface area contributed by atoms with E-state index in [0.29, 0.717) is 0 Å². The van der Waals surface area contributed by atoms with Crippen LogP contribution in [0.3, 0.4) is 0 Å². The van der Waals surface area contributed by atoms with Crippen LogP contribution in [0.4, 0.5) is 0 Å². The molecule has 0 aliphatic carbocycles. The topological polar surface area (TPSA) is 12.9 Å². The van der Waals surface area contributed by atoms with Crippen LogP contribution in [0.25, 0.3) is 21.2 Å². The van der Waals surface area contributed by atoms with Gasteiger partial charge in [-0.3, -0.25) is 4.98 Å². The van der Waals surface area contributed by atoms with E-state index >= 15 is 0 Å². The molecule has 2 heteroatoms. The lowest BCUT2D eigenvalue weighted by Gasteiger charge is -2.00. The van der Waals surface area contributed by atoms with Crippen LogP contribution in [0.1, 0.15) is 0 Å². The van der Waals surface area contributed by atoms with Crippen molar-refractivity contribution in [2.75, 3.05) is 0 Å². The normalized spacial score (nSPS) is 10.7. The summed E-state index contributed by atoms with van der Waals surface area (Å²) in [5.41, 5.74) is 2.44. The zero-order chi connectivity index (χ0) is 10.1. The van der Waals surface area contributed by atoms with Gasteiger partial charge in [0.05, 0.1) is 0 Å². The van der Waals surface area contributed by atoms with E-state index in [-0.39, 0.29) is 0 Å². The molecule has 0 aliphatic heterocycles. The molecular weight excluding hydrogens is 202 g/mol. The molecule has 0 fully saturated rings. The standard InChI is InChI=1S/C13H8NS/c1-2-13-12(5-8-15-13)9-11(1)10-3-6-14-7-4-10/h1-7,9H. The lowest BCUT2D eigenvalue weighted by molar-refractivity contribution is 1.33. The molecule has 0 aliphatic rings. The van der Waals surface area contributed by atoms with E-state index in [1.165, 1.54) is 21.2 Å². The highest BCUT2D eigenvalue weighted by atomic mass is 32.1. The number of hydrogen-bond donors (Lipinski definition) is 0. The number of aromatic nitrogens is 1. The maximum absolute atomic E-state index is 4.02.